The van der Waals surface area contributed by atoms with Crippen molar-refractivity contribution in [1.29, 1.82) is 0 Å². The van der Waals surface area contributed by atoms with E-state index in [2.05, 4.69) is 9.97 Å². The lowest BCUT2D eigenvalue weighted by molar-refractivity contribution is 0.415. The van der Waals surface area contributed by atoms with Crippen molar-refractivity contribution >= 4 is 34.0 Å². The van der Waals surface area contributed by atoms with E-state index in [4.69, 9.17) is 16.3 Å². The number of ether oxygens (including phenoxy) is 1. The van der Waals surface area contributed by atoms with Crippen LogP contribution in [-0.4, -0.2) is 24.1 Å². The predicted octanol–water partition coefficient (Wildman–Crippen LogP) is 4.20. The normalized spacial score (nSPS) is 10.7. The standard InChI is InChI=1S/C16H13ClFN3O/c1-21(11-4-6-12(22-2)7-5-11)15-13-9-10(18)3-8-14(13)19-16(17)20-15/h3-9H,1-2H3. The molecule has 0 spiro atoms. The third-order valence-electron chi connectivity index (χ3n) is 3.39. The van der Waals surface area contributed by atoms with Gasteiger partial charge in [0.2, 0.25) is 5.28 Å². The fraction of sp³-hybridized carbons (Fsp3) is 0.125. The first kappa shape index (κ1) is 14.5. The Morgan fingerprint density at radius 2 is 1.82 bits per heavy atom. The number of aromatic nitrogens is 2. The highest BCUT2D eigenvalue weighted by molar-refractivity contribution is 6.28. The first-order chi connectivity index (χ1) is 10.6. The Labute approximate surface area is 132 Å². The van der Waals surface area contributed by atoms with Gasteiger partial charge in [0.1, 0.15) is 17.4 Å². The zero-order valence-corrected chi connectivity index (χ0v) is 12.8. The fourth-order valence-electron chi connectivity index (χ4n) is 2.24. The molecule has 3 aromatic rings. The lowest BCUT2D eigenvalue weighted by atomic mass is 10.2. The Kier molecular flexibility index (Phi) is 3.81. The molecule has 0 unspecified atom stereocenters. The number of methoxy groups -OCH3 is 1. The van der Waals surface area contributed by atoms with Crippen LogP contribution in [0.3, 0.4) is 0 Å². The van der Waals surface area contributed by atoms with E-state index in [9.17, 15) is 4.39 Å². The molecule has 0 radical (unpaired) electrons. The molecular weight excluding hydrogens is 305 g/mol. The highest BCUT2D eigenvalue weighted by Gasteiger charge is 2.13. The van der Waals surface area contributed by atoms with Crippen molar-refractivity contribution in [2.24, 2.45) is 0 Å². The number of halogens is 2. The van der Waals surface area contributed by atoms with Gasteiger partial charge in [-0.2, -0.15) is 4.98 Å². The largest absolute Gasteiger partial charge is 0.497 e. The van der Waals surface area contributed by atoms with Gasteiger partial charge in [0.25, 0.3) is 0 Å². The molecule has 0 bridgehead atoms. The van der Waals surface area contributed by atoms with E-state index in [0.29, 0.717) is 16.7 Å². The van der Waals surface area contributed by atoms with Crippen molar-refractivity contribution in [2.45, 2.75) is 0 Å². The van der Waals surface area contributed by atoms with E-state index < -0.39 is 0 Å². The molecule has 1 aromatic heterocycles. The Balaban J connectivity index is 2.12. The topological polar surface area (TPSA) is 38.2 Å². The maximum absolute atomic E-state index is 13.6. The quantitative estimate of drug-likeness (QED) is 0.679. The molecule has 0 aliphatic carbocycles. The summed E-state index contributed by atoms with van der Waals surface area (Å²) < 4.78 is 18.7. The summed E-state index contributed by atoms with van der Waals surface area (Å²) in [5.74, 6) is 0.955. The first-order valence-corrected chi connectivity index (χ1v) is 6.97. The number of anilines is 2. The van der Waals surface area contributed by atoms with Crippen LogP contribution in [-0.2, 0) is 0 Å². The van der Waals surface area contributed by atoms with Gasteiger partial charge in [0.15, 0.2) is 0 Å². The molecule has 0 aliphatic rings. The van der Waals surface area contributed by atoms with Gasteiger partial charge >= 0.3 is 0 Å². The van der Waals surface area contributed by atoms with Crippen molar-refractivity contribution in [2.75, 3.05) is 19.1 Å². The van der Waals surface area contributed by atoms with Crippen LogP contribution < -0.4 is 9.64 Å². The maximum Gasteiger partial charge on any atom is 0.224 e. The molecule has 112 valence electrons. The zero-order valence-electron chi connectivity index (χ0n) is 12.0. The molecule has 0 saturated heterocycles. The second-order valence-corrected chi connectivity index (χ2v) is 5.07. The summed E-state index contributed by atoms with van der Waals surface area (Å²) in [7, 11) is 3.45. The van der Waals surface area contributed by atoms with E-state index in [0.717, 1.165) is 11.4 Å². The molecule has 0 aliphatic heterocycles. The lowest BCUT2D eigenvalue weighted by Gasteiger charge is -2.20. The van der Waals surface area contributed by atoms with E-state index in [1.165, 1.54) is 12.1 Å². The van der Waals surface area contributed by atoms with Gasteiger partial charge in [-0.25, -0.2) is 9.37 Å². The van der Waals surface area contributed by atoms with E-state index >= 15 is 0 Å². The van der Waals surface area contributed by atoms with Gasteiger partial charge in [0, 0.05) is 18.1 Å². The van der Waals surface area contributed by atoms with Crippen molar-refractivity contribution in [3.63, 3.8) is 0 Å². The van der Waals surface area contributed by atoms with Crippen LogP contribution in [0.25, 0.3) is 10.9 Å². The Morgan fingerprint density at radius 1 is 1.09 bits per heavy atom. The van der Waals surface area contributed by atoms with Gasteiger partial charge in [-0.05, 0) is 54.1 Å². The third kappa shape index (κ3) is 2.67. The summed E-state index contributed by atoms with van der Waals surface area (Å²) in [4.78, 5) is 10.2. The van der Waals surface area contributed by atoms with Crippen LogP contribution in [0.15, 0.2) is 42.5 Å². The molecule has 0 N–H and O–H groups in total. The van der Waals surface area contributed by atoms with Gasteiger partial charge < -0.3 is 9.64 Å². The minimum absolute atomic E-state index is 0.120. The van der Waals surface area contributed by atoms with Crippen LogP contribution in [0.4, 0.5) is 15.9 Å². The molecule has 22 heavy (non-hydrogen) atoms. The summed E-state index contributed by atoms with van der Waals surface area (Å²) in [6, 6.07) is 11.8. The van der Waals surface area contributed by atoms with Crippen LogP contribution in [0, 0.1) is 5.82 Å². The molecule has 0 fully saturated rings. The maximum atomic E-state index is 13.6. The number of hydrogen-bond donors (Lipinski definition) is 0. The third-order valence-corrected chi connectivity index (χ3v) is 3.56. The number of rotatable bonds is 3. The van der Waals surface area contributed by atoms with Crippen molar-refractivity contribution in [3.05, 3.63) is 53.6 Å². The predicted molar refractivity (Wildman–Crippen MR) is 85.6 cm³/mol. The van der Waals surface area contributed by atoms with Gasteiger partial charge in [-0.15, -0.1) is 0 Å². The first-order valence-electron chi connectivity index (χ1n) is 6.59. The highest BCUT2D eigenvalue weighted by atomic mass is 35.5. The van der Waals surface area contributed by atoms with Crippen LogP contribution in [0.5, 0.6) is 5.75 Å². The minimum atomic E-state index is -0.345. The molecule has 0 atom stereocenters. The van der Waals surface area contributed by atoms with Crippen LogP contribution in [0.2, 0.25) is 5.28 Å². The average molecular weight is 318 g/mol. The van der Waals surface area contributed by atoms with Crippen molar-refractivity contribution < 1.29 is 9.13 Å². The summed E-state index contributed by atoms with van der Waals surface area (Å²) >= 11 is 5.98. The molecule has 6 heteroatoms. The van der Waals surface area contributed by atoms with E-state index in [1.807, 2.05) is 36.2 Å². The highest BCUT2D eigenvalue weighted by Crippen LogP contribution is 2.31. The second kappa shape index (κ2) is 5.77. The lowest BCUT2D eigenvalue weighted by Crippen LogP contribution is -2.12. The molecule has 2 aromatic carbocycles. The molecular formula is C16H13ClFN3O. The number of benzene rings is 2. The number of nitrogens with zero attached hydrogens (tertiary/aromatic N) is 3. The zero-order chi connectivity index (χ0) is 15.7. The molecule has 3 rings (SSSR count). The Bertz CT molecular complexity index is 823. The van der Waals surface area contributed by atoms with Gasteiger partial charge in [-0.1, -0.05) is 0 Å². The van der Waals surface area contributed by atoms with Crippen LogP contribution >= 0.6 is 11.6 Å². The molecule has 4 nitrogen and oxygen atoms in total. The summed E-state index contributed by atoms with van der Waals surface area (Å²) in [5, 5.41) is 0.720. The van der Waals surface area contributed by atoms with Gasteiger partial charge in [0.05, 0.1) is 12.6 Å². The Hall–Kier alpha value is -2.40. The van der Waals surface area contributed by atoms with E-state index in [-0.39, 0.29) is 11.1 Å². The monoisotopic (exact) mass is 317 g/mol. The van der Waals surface area contributed by atoms with Gasteiger partial charge in [-0.3, -0.25) is 0 Å². The smallest absolute Gasteiger partial charge is 0.224 e. The van der Waals surface area contributed by atoms with E-state index in [1.54, 1.807) is 13.2 Å². The van der Waals surface area contributed by atoms with Crippen molar-refractivity contribution in [1.82, 2.24) is 9.97 Å². The number of fused-ring (bicyclic) bond motifs is 1. The second-order valence-electron chi connectivity index (χ2n) is 4.73. The molecule has 1 heterocycles. The van der Waals surface area contributed by atoms with Crippen molar-refractivity contribution in [3.8, 4) is 5.75 Å². The Morgan fingerprint density at radius 3 is 2.50 bits per heavy atom. The fourth-order valence-corrected chi connectivity index (χ4v) is 2.41. The summed E-state index contributed by atoms with van der Waals surface area (Å²) in [6.45, 7) is 0. The SMILES string of the molecule is COc1ccc(N(C)c2nc(Cl)nc3ccc(F)cc23)cc1. The average Bonchev–Trinajstić information content (AvgIpc) is 2.54. The summed E-state index contributed by atoms with van der Waals surface area (Å²) in [5.41, 5.74) is 1.47. The molecule has 0 amide bonds. The minimum Gasteiger partial charge on any atom is -0.497 e. The number of hydrogen-bond acceptors (Lipinski definition) is 4. The molecule has 0 saturated carbocycles. The summed E-state index contributed by atoms with van der Waals surface area (Å²) in [6.07, 6.45) is 0. The van der Waals surface area contributed by atoms with Crippen LogP contribution in [0.1, 0.15) is 0 Å².